The van der Waals surface area contributed by atoms with Crippen LogP contribution in [0, 0.1) is 0 Å². The summed E-state index contributed by atoms with van der Waals surface area (Å²) in [4.78, 5) is 0. The number of hydrogen-bond acceptors (Lipinski definition) is 3. The fourth-order valence-electron chi connectivity index (χ4n) is 1.13. The molecular formula is C14H22O4S. The monoisotopic (exact) mass is 286 g/mol. The van der Waals surface area contributed by atoms with Gasteiger partial charge in [-0.2, -0.15) is 8.42 Å². The fraction of sp³-hybridized carbons (Fsp3) is 0.286. The molecule has 0 spiro atoms. The van der Waals surface area contributed by atoms with Crippen LogP contribution in [-0.4, -0.2) is 31.4 Å². The molecule has 0 bridgehead atoms. The van der Waals surface area contributed by atoms with Gasteiger partial charge in [0, 0.05) is 7.11 Å². The second kappa shape index (κ2) is 11.6. The molecular weight excluding hydrogens is 264 g/mol. The standard InChI is InChI=1S/C10H8.C2H6.CH4O3S.CH4O/c1-2-6-10-8-4-3-7-9(10)5-1;1-2;1-5(2,3)4;1-2/h1-8H;1-2H3;1H3,(H,2,3,4);2H,1H3. The summed E-state index contributed by atoms with van der Waals surface area (Å²) in [5.41, 5.74) is 0. The SMILES string of the molecule is CC.CO.CS(=O)(=O)O.c1ccc2ccccc2c1. The Bertz CT molecular complexity index is 462. The molecule has 108 valence electrons. The molecule has 5 heteroatoms. The van der Waals surface area contributed by atoms with Gasteiger partial charge < -0.3 is 5.11 Å². The highest BCUT2D eigenvalue weighted by atomic mass is 32.2. The first-order chi connectivity index (χ1) is 8.97. The quantitative estimate of drug-likeness (QED) is 0.730. The van der Waals surface area contributed by atoms with E-state index in [1.807, 2.05) is 13.8 Å². The van der Waals surface area contributed by atoms with Crippen molar-refractivity contribution in [2.24, 2.45) is 0 Å². The first-order valence-electron chi connectivity index (χ1n) is 5.78. The van der Waals surface area contributed by atoms with Crippen molar-refractivity contribution < 1.29 is 18.1 Å². The predicted octanol–water partition coefficient (Wildman–Crippen LogP) is 2.98. The van der Waals surface area contributed by atoms with Gasteiger partial charge in [-0.1, -0.05) is 62.4 Å². The van der Waals surface area contributed by atoms with Crippen LogP contribution in [0.4, 0.5) is 0 Å². The summed E-state index contributed by atoms with van der Waals surface area (Å²) in [6.07, 6.45) is 0.715. The lowest BCUT2D eigenvalue weighted by Crippen LogP contribution is -1.88. The third-order valence-electron chi connectivity index (χ3n) is 1.66. The van der Waals surface area contributed by atoms with E-state index in [9.17, 15) is 8.42 Å². The summed E-state index contributed by atoms with van der Waals surface area (Å²) in [5, 5.41) is 9.62. The van der Waals surface area contributed by atoms with E-state index in [2.05, 4.69) is 48.5 Å². The van der Waals surface area contributed by atoms with Gasteiger partial charge in [0.2, 0.25) is 0 Å². The zero-order valence-corrected chi connectivity index (χ0v) is 12.6. The molecule has 0 atom stereocenters. The van der Waals surface area contributed by atoms with E-state index in [1.165, 1.54) is 10.8 Å². The number of hydrogen-bond donors (Lipinski definition) is 2. The average molecular weight is 286 g/mol. The van der Waals surface area contributed by atoms with Crippen LogP contribution < -0.4 is 0 Å². The third-order valence-corrected chi connectivity index (χ3v) is 1.66. The van der Waals surface area contributed by atoms with E-state index in [0.717, 1.165) is 7.11 Å². The number of aliphatic hydroxyl groups excluding tert-OH is 1. The van der Waals surface area contributed by atoms with Crippen LogP contribution in [0.3, 0.4) is 0 Å². The molecule has 0 saturated carbocycles. The van der Waals surface area contributed by atoms with Crippen LogP contribution in [0.25, 0.3) is 10.8 Å². The molecule has 2 N–H and O–H groups in total. The minimum Gasteiger partial charge on any atom is -0.400 e. The lowest BCUT2D eigenvalue weighted by Gasteiger charge is -1.92. The van der Waals surface area contributed by atoms with Gasteiger partial charge >= 0.3 is 0 Å². The lowest BCUT2D eigenvalue weighted by molar-refractivity contribution is 0.399. The number of rotatable bonds is 0. The molecule has 0 unspecified atom stereocenters. The van der Waals surface area contributed by atoms with Gasteiger partial charge in [-0.05, 0) is 10.8 Å². The molecule has 19 heavy (non-hydrogen) atoms. The Kier molecular flexibility index (Phi) is 12.2. The van der Waals surface area contributed by atoms with Gasteiger partial charge in [0.1, 0.15) is 0 Å². The highest BCUT2D eigenvalue weighted by molar-refractivity contribution is 7.85. The number of benzene rings is 2. The molecule has 2 aromatic rings. The minimum absolute atomic E-state index is 0.715. The largest absolute Gasteiger partial charge is 0.400 e. The molecule has 0 aromatic heterocycles. The molecule has 4 nitrogen and oxygen atoms in total. The van der Waals surface area contributed by atoms with Gasteiger partial charge in [-0.3, -0.25) is 4.55 Å². The number of fused-ring (bicyclic) bond motifs is 1. The summed E-state index contributed by atoms with van der Waals surface area (Å²) in [7, 11) is -2.67. The highest BCUT2D eigenvalue weighted by Crippen LogP contribution is 2.11. The minimum atomic E-state index is -3.67. The van der Waals surface area contributed by atoms with Crippen LogP contribution in [0.2, 0.25) is 0 Å². The Morgan fingerprint density at radius 1 is 0.789 bits per heavy atom. The maximum atomic E-state index is 9.19. The van der Waals surface area contributed by atoms with E-state index < -0.39 is 10.1 Å². The van der Waals surface area contributed by atoms with Gasteiger partial charge in [0.05, 0.1) is 6.26 Å². The molecule has 0 fully saturated rings. The summed E-state index contributed by atoms with van der Waals surface area (Å²) in [6.45, 7) is 4.00. The van der Waals surface area contributed by atoms with Crippen molar-refractivity contribution in [3.63, 3.8) is 0 Å². The summed E-state index contributed by atoms with van der Waals surface area (Å²) < 4.78 is 25.9. The molecule has 2 aromatic carbocycles. The molecule has 0 aliphatic heterocycles. The van der Waals surface area contributed by atoms with Crippen molar-refractivity contribution in [2.75, 3.05) is 13.4 Å². The van der Waals surface area contributed by atoms with Gasteiger partial charge in [0.15, 0.2) is 0 Å². The Hall–Kier alpha value is -1.43. The van der Waals surface area contributed by atoms with E-state index >= 15 is 0 Å². The Morgan fingerprint density at radius 3 is 1.11 bits per heavy atom. The van der Waals surface area contributed by atoms with Crippen molar-refractivity contribution in [2.45, 2.75) is 13.8 Å². The van der Waals surface area contributed by atoms with Crippen molar-refractivity contribution in [1.29, 1.82) is 0 Å². The van der Waals surface area contributed by atoms with Gasteiger partial charge in [0.25, 0.3) is 10.1 Å². The molecule has 0 heterocycles. The van der Waals surface area contributed by atoms with Crippen LogP contribution in [-0.2, 0) is 10.1 Å². The van der Waals surface area contributed by atoms with Crippen molar-refractivity contribution in [3.8, 4) is 0 Å². The van der Waals surface area contributed by atoms with Crippen molar-refractivity contribution in [3.05, 3.63) is 48.5 Å². The molecule has 0 amide bonds. The molecule has 0 radical (unpaired) electrons. The normalized spacial score (nSPS) is 8.95. The zero-order chi connectivity index (χ0) is 15.3. The second-order valence-electron chi connectivity index (χ2n) is 3.08. The second-order valence-corrected chi connectivity index (χ2v) is 4.55. The number of aliphatic hydroxyl groups is 1. The third kappa shape index (κ3) is 12.8. The summed E-state index contributed by atoms with van der Waals surface area (Å²) in [5.74, 6) is 0. The Balaban J connectivity index is 0. The first-order valence-corrected chi connectivity index (χ1v) is 7.62. The highest BCUT2D eigenvalue weighted by Gasteiger charge is 1.85. The molecule has 0 aliphatic carbocycles. The van der Waals surface area contributed by atoms with Crippen LogP contribution in [0.1, 0.15) is 13.8 Å². The first kappa shape index (κ1) is 19.9. The summed E-state index contributed by atoms with van der Waals surface area (Å²) in [6, 6.07) is 16.7. The molecule has 0 saturated heterocycles. The maximum absolute atomic E-state index is 9.19. The predicted molar refractivity (Wildman–Crippen MR) is 80.9 cm³/mol. The van der Waals surface area contributed by atoms with Crippen LogP contribution >= 0.6 is 0 Å². The van der Waals surface area contributed by atoms with E-state index in [0.29, 0.717) is 6.26 Å². The van der Waals surface area contributed by atoms with E-state index in [1.54, 1.807) is 0 Å². The lowest BCUT2D eigenvalue weighted by atomic mass is 10.1. The fourth-order valence-corrected chi connectivity index (χ4v) is 1.13. The topological polar surface area (TPSA) is 74.6 Å². The van der Waals surface area contributed by atoms with Gasteiger partial charge in [-0.25, -0.2) is 0 Å². The van der Waals surface area contributed by atoms with Crippen LogP contribution in [0.15, 0.2) is 48.5 Å². The Labute approximate surface area is 115 Å². The summed E-state index contributed by atoms with van der Waals surface area (Å²) >= 11 is 0. The van der Waals surface area contributed by atoms with Crippen molar-refractivity contribution >= 4 is 20.9 Å². The molecule has 2 rings (SSSR count). The van der Waals surface area contributed by atoms with E-state index in [4.69, 9.17) is 9.66 Å². The maximum Gasteiger partial charge on any atom is 0.261 e. The smallest absolute Gasteiger partial charge is 0.261 e. The average Bonchev–Trinajstić information content (AvgIpc) is 2.42. The van der Waals surface area contributed by atoms with Crippen LogP contribution in [0.5, 0.6) is 0 Å². The molecule has 0 aliphatic rings. The Morgan fingerprint density at radius 2 is 0.947 bits per heavy atom. The van der Waals surface area contributed by atoms with E-state index in [-0.39, 0.29) is 0 Å². The van der Waals surface area contributed by atoms with Gasteiger partial charge in [-0.15, -0.1) is 0 Å². The zero-order valence-electron chi connectivity index (χ0n) is 11.7. The van der Waals surface area contributed by atoms with Crippen molar-refractivity contribution in [1.82, 2.24) is 0 Å².